The molecule has 0 atom stereocenters. The Balaban J connectivity index is 1.29. The van der Waals surface area contributed by atoms with Gasteiger partial charge in [0.15, 0.2) is 17.5 Å². The smallest absolute Gasteiger partial charge is 0.164 e. The highest BCUT2D eigenvalue weighted by Gasteiger charge is 2.18. The second-order valence-electron chi connectivity index (χ2n) is 10.5. The zero-order valence-corrected chi connectivity index (χ0v) is 23.3. The van der Waals surface area contributed by atoms with Crippen LogP contribution in [0.1, 0.15) is 17.5 Å². The van der Waals surface area contributed by atoms with Gasteiger partial charge < -0.3 is 4.42 Å². The highest BCUT2D eigenvalue weighted by molar-refractivity contribution is 6.32. The molecule has 0 amide bonds. The van der Waals surface area contributed by atoms with Crippen LogP contribution in [0.4, 0.5) is 0 Å². The van der Waals surface area contributed by atoms with Crippen LogP contribution >= 0.6 is 11.6 Å². The Kier molecular flexibility index (Phi) is 5.94. The normalized spacial score (nSPS) is 12.6. The van der Waals surface area contributed by atoms with E-state index in [1.807, 2.05) is 66.7 Å². The molecule has 2 aromatic heterocycles. The van der Waals surface area contributed by atoms with Crippen molar-refractivity contribution >= 4 is 39.6 Å². The molecule has 1 aliphatic carbocycles. The molecule has 0 radical (unpaired) electrons. The quantitative estimate of drug-likeness (QED) is 0.214. The van der Waals surface area contributed by atoms with Crippen LogP contribution < -0.4 is 0 Å². The number of hydrogen-bond acceptors (Lipinski definition) is 4. The van der Waals surface area contributed by atoms with Crippen molar-refractivity contribution in [1.82, 2.24) is 15.0 Å². The van der Waals surface area contributed by atoms with Gasteiger partial charge in [-0.15, -0.1) is 0 Å². The van der Waals surface area contributed by atoms with Gasteiger partial charge in [-0.25, -0.2) is 15.0 Å². The lowest BCUT2D eigenvalue weighted by Crippen LogP contribution is -2.00. The van der Waals surface area contributed by atoms with Gasteiger partial charge in [-0.3, -0.25) is 0 Å². The first kappa shape index (κ1) is 24.7. The van der Waals surface area contributed by atoms with Crippen molar-refractivity contribution in [1.29, 1.82) is 0 Å². The minimum Gasteiger partial charge on any atom is -0.456 e. The van der Waals surface area contributed by atoms with E-state index in [1.54, 1.807) is 0 Å². The molecule has 0 aliphatic heterocycles. The average molecular weight is 562 g/mol. The summed E-state index contributed by atoms with van der Waals surface area (Å²) in [4.78, 5) is 14.9. The van der Waals surface area contributed by atoms with Crippen molar-refractivity contribution in [3.63, 3.8) is 0 Å². The lowest BCUT2D eigenvalue weighted by atomic mass is 9.90. The van der Waals surface area contributed by atoms with Crippen LogP contribution in [0.2, 0.25) is 5.02 Å². The minimum atomic E-state index is 0.582. The van der Waals surface area contributed by atoms with Crippen LogP contribution in [0.25, 0.3) is 73.3 Å². The molecule has 7 aromatic rings. The molecule has 4 nitrogen and oxygen atoms in total. The van der Waals surface area contributed by atoms with Crippen molar-refractivity contribution in [2.24, 2.45) is 0 Å². The van der Waals surface area contributed by atoms with Gasteiger partial charge in [0.25, 0.3) is 0 Å². The molecular weight excluding hydrogens is 538 g/mol. The molecular formula is C37H24ClN3O. The maximum absolute atomic E-state index is 6.39. The molecule has 5 heteroatoms. The predicted molar refractivity (Wildman–Crippen MR) is 171 cm³/mol. The number of fused-ring (bicyclic) bond motifs is 4. The molecule has 0 fully saturated rings. The maximum atomic E-state index is 6.39. The third-order valence-electron chi connectivity index (χ3n) is 7.88. The molecule has 0 bridgehead atoms. The molecule has 0 N–H and O–H groups in total. The van der Waals surface area contributed by atoms with E-state index < -0.39 is 0 Å². The molecule has 8 rings (SSSR count). The van der Waals surface area contributed by atoms with Crippen LogP contribution in [-0.2, 0) is 6.42 Å². The number of benzene rings is 5. The summed E-state index contributed by atoms with van der Waals surface area (Å²) in [5.41, 5.74) is 9.38. The van der Waals surface area contributed by atoms with Crippen LogP contribution in [0.15, 0.2) is 120 Å². The maximum Gasteiger partial charge on any atom is 0.164 e. The van der Waals surface area contributed by atoms with Crippen LogP contribution in [0, 0.1) is 0 Å². The Bertz CT molecular complexity index is 2150. The van der Waals surface area contributed by atoms with E-state index in [2.05, 4.69) is 54.6 Å². The third kappa shape index (κ3) is 4.28. The molecule has 200 valence electrons. The summed E-state index contributed by atoms with van der Waals surface area (Å²) in [7, 11) is 0. The number of aryl methyl sites for hydroxylation is 1. The number of aromatic nitrogens is 3. The van der Waals surface area contributed by atoms with Gasteiger partial charge in [0, 0.05) is 32.5 Å². The summed E-state index contributed by atoms with van der Waals surface area (Å²) in [6.45, 7) is 0. The van der Waals surface area contributed by atoms with Gasteiger partial charge in [-0.05, 0) is 59.4 Å². The van der Waals surface area contributed by atoms with Gasteiger partial charge in [0.2, 0.25) is 0 Å². The van der Waals surface area contributed by atoms with Crippen LogP contribution in [-0.4, -0.2) is 15.0 Å². The predicted octanol–water partition coefficient (Wildman–Crippen LogP) is 10.1. The van der Waals surface area contributed by atoms with E-state index in [1.165, 1.54) is 22.3 Å². The summed E-state index contributed by atoms with van der Waals surface area (Å²) < 4.78 is 6.16. The van der Waals surface area contributed by atoms with Gasteiger partial charge >= 0.3 is 0 Å². The van der Waals surface area contributed by atoms with Crippen molar-refractivity contribution in [3.8, 4) is 45.3 Å². The fourth-order valence-corrected chi connectivity index (χ4v) is 6.02. The van der Waals surface area contributed by atoms with E-state index in [0.717, 1.165) is 51.5 Å². The third-order valence-corrected chi connectivity index (χ3v) is 8.12. The largest absolute Gasteiger partial charge is 0.456 e. The van der Waals surface area contributed by atoms with Gasteiger partial charge in [-0.1, -0.05) is 109 Å². The Morgan fingerprint density at radius 1 is 0.595 bits per heavy atom. The Hall–Kier alpha value is -5.06. The second-order valence-corrected chi connectivity index (χ2v) is 10.9. The molecule has 5 aromatic carbocycles. The number of halogens is 1. The summed E-state index contributed by atoms with van der Waals surface area (Å²) in [5.74, 6) is 1.81. The standard InChI is InChI=1S/C37H24ClN3O/c38-27-20-21-32-31(22-27)34-30(14-7-15-33(34)42-32)37-40-35(25-9-2-1-3-10-25)39-36(41-37)26-18-16-24(17-19-26)29-13-6-11-23-8-4-5-12-28(23)29/h1-3,5-7,9-22H,4,8H2. The zero-order valence-electron chi connectivity index (χ0n) is 22.6. The van der Waals surface area contributed by atoms with Crippen molar-refractivity contribution in [2.75, 3.05) is 0 Å². The fraction of sp³-hybridized carbons (Fsp3) is 0.0541. The number of furan rings is 1. The van der Waals surface area contributed by atoms with Crippen LogP contribution in [0.5, 0.6) is 0 Å². The van der Waals surface area contributed by atoms with Gasteiger partial charge in [0.05, 0.1) is 0 Å². The lowest BCUT2D eigenvalue weighted by molar-refractivity contribution is 0.669. The molecule has 0 unspecified atom stereocenters. The molecule has 42 heavy (non-hydrogen) atoms. The number of allylic oxidation sites excluding steroid dienone is 1. The minimum absolute atomic E-state index is 0.582. The number of rotatable bonds is 4. The first-order chi connectivity index (χ1) is 20.7. The first-order valence-corrected chi connectivity index (χ1v) is 14.4. The lowest BCUT2D eigenvalue weighted by Gasteiger charge is -2.15. The van der Waals surface area contributed by atoms with Gasteiger partial charge in [0.1, 0.15) is 11.2 Å². The molecule has 0 saturated heterocycles. The molecule has 0 saturated carbocycles. The number of nitrogens with zero attached hydrogens (tertiary/aromatic N) is 3. The van der Waals surface area contributed by atoms with Crippen molar-refractivity contribution in [3.05, 3.63) is 131 Å². The van der Waals surface area contributed by atoms with Gasteiger partial charge in [-0.2, -0.15) is 0 Å². The van der Waals surface area contributed by atoms with E-state index >= 15 is 0 Å². The van der Waals surface area contributed by atoms with E-state index in [0.29, 0.717) is 22.5 Å². The monoisotopic (exact) mass is 561 g/mol. The van der Waals surface area contributed by atoms with E-state index in [9.17, 15) is 0 Å². The fourth-order valence-electron chi connectivity index (χ4n) is 5.85. The molecule has 1 aliphatic rings. The van der Waals surface area contributed by atoms with Crippen molar-refractivity contribution in [2.45, 2.75) is 12.8 Å². The Morgan fingerprint density at radius 3 is 2.14 bits per heavy atom. The Labute approximate surface area is 248 Å². The zero-order chi connectivity index (χ0) is 28.0. The highest BCUT2D eigenvalue weighted by Crippen LogP contribution is 2.38. The number of hydrogen-bond donors (Lipinski definition) is 0. The summed E-state index contributed by atoms with van der Waals surface area (Å²) >= 11 is 6.39. The molecule has 0 spiro atoms. The Morgan fingerprint density at radius 2 is 1.31 bits per heavy atom. The highest BCUT2D eigenvalue weighted by atomic mass is 35.5. The van der Waals surface area contributed by atoms with E-state index in [-0.39, 0.29) is 0 Å². The van der Waals surface area contributed by atoms with Crippen molar-refractivity contribution < 1.29 is 4.42 Å². The SMILES string of the molecule is Clc1ccc2oc3cccc(-c4nc(-c5ccccc5)nc(-c5ccc(-c6cccc7c6C=CCC7)cc5)n4)c3c2c1. The second kappa shape index (κ2) is 10.1. The summed E-state index contributed by atoms with van der Waals surface area (Å²) in [6, 6.07) is 36.7. The molecule has 2 heterocycles. The topological polar surface area (TPSA) is 51.8 Å². The van der Waals surface area contributed by atoms with Crippen LogP contribution in [0.3, 0.4) is 0 Å². The summed E-state index contributed by atoms with van der Waals surface area (Å²) in [6.07, 6.45) is 6.68. The summed E-state index contributed by atoms with van der Waals surface area (Å²) in [5, 5.41) is 2.51. The average Bonchev–Trinajstić information content (AvgIpc) is 3.43. The van der Waals surface area contributed by atoms with E-state index in [4.69, 9.17) is 31.0 Å². The first-order valence-electron chi connectivity index (χ1n) is 14.0.